The van der Waals surface area contributed by atoms with Crippen LogP contribution >= 0.6 is 0 Å². The molecule has 0 fully saturated rings. The average Bonchev–Trinajstić information content (AvgIpc) is 2.18. The van der Waals surface area contributed by atoms with Gasteiger partial charge in [0.15, 0.2) is 0 Å². The van der Waals surface area contributed by atoms with Crippen LogP contribution in [0.3, 0.4) is 0 Å². The van der Waals surface area contributed by atoms with E-state index < -0.39 is 0 Å². The van der Waals surface area contributed by atoms with Gasteiger partial charge in [-0.05, 0) is 24.1 Å². The lowest BCUT2D eigenvalue weighted by Crippen LogP contribution is -1.85. The highest BCUT2D eigenvalue weighted by Crippen LogP contribution is 2.20. The second kappa shape index (κ2) is 3.01. The Morgan fingerprint density at radius 2 is 2.15 bits per heavy atom. The van der Waals surface area contributed by atoms with E-state index in [1.165, 1.54) is 11.9 Å². The molecule has 0 spiro atoms. The van der Waals surface area contributed by atoms with Crippen molar-refractivity contribution in [3.8, 4) is 5.88 Å². The molecule has 0 saturated heterocycles. The Balaban J connectivity index is 2.74. The highest BCUT2D eigenvalue weighted by Gasteiger charge is 2.01. The fourth-order valence-corrected chi connectivity index (χ4v) is 1.31. The highest BCUT2D eigenvalue weighted by molar-refractivity contribution is 5.83. The predicted octanol–water partition coefficient (Wildman–Crippen LogP) is 1.90. The first-order valence-corrected chi connectivity index (χ1v) is 4.24. The maximum atomic E-state index is 9.44. The Kier molecular flexibility index (Phi) is 1.85. The molecule has 1 N–H and O–H groups in total. The number of hydrogen-bond acceptors (Lipinski definition) is 3. The van der Waals surface area contributed by atoms with Crippen molar-refractivity contribution in [1.82, 2.24) is 9.97 Å². The van der Waals surface area contributed by atoms with Gasteiger partial charge in [-0.2, -0.15) is 0 Å². The summed E-state index contributed by atoms with van der Waals surface area (Å²) in [5.74, 6) is 0.0558. The summed E-state index contributed by atoms with van der Waals surface area (Å²) in [5, 5.41) is 10.2. The summed E-state index contributed by atoms with van der Waals surface area (Å²) in [7, 11) is 0. The van der Waals surface area contributed by atoms with Crippen LogP contribution in [0.4, 0.5) is 0 Å². The van der Waals surface area contributed by atoms with Crippen LogP contribution in [-0.2, 0) is 6.42 Å². The number of aryl methyl sites for hydroxylation is 1. The van der Waals surface area contributed by atoms with E-state index in [2.05, 4.69) is 16.9 Å². The van der Waals surface area contributed by atoms with Crippen molar-refractivity contribution < 1.29 is 5.11 Å². The van der Waals surface area contributed by atoms with Crippen molar-refractivity contribution in [2.24, 2.45) is 0 Å². The lowest BCUT2D eigenvalue weighted by atomic mass is 10.1. The fraction of sp³-hybridized carbons (Fsp3) is 0.200. The average molecular weight is 174 g/mol. The van der Waals surface area contributed by atoms with Gasteiger partial charge in [-0.25, -0.2) is 9.97 Å². The largest absolute Gasteiger partial charge is 0.493 e. The van der Waals surface area contributed by atoms with Gasteiger partial charge in [-0.3, -0.25) is 0 Å². The zero-order valence-corrected chi connectivity index (χ0v) is 7.36. The molecule has 0 aliphatic carbocycles. The Hall–Kier alpha value is -1.64. The van der Waals surface area contributed by atoms with Gasteiger partial charge in [0.25, 0.3) is 0 Å². The zero-order valence-electron chi connectivity index (χ0n) is 7.36. The number of rotatable bonds is 1. The smallest absolute Gasteiger partial charge is 0.221 e. The van der Waals surface area contributed by atoms with Gasteiger partial charge in [0, 0.05) is 0 Å². The standard InChI is InChI=1S/C10H10N2O/c1-2-7-3-4-9-8(5-7)10(13)12-6-11-9/h3-6H,2H2,1H3,(H,11,12,13). The first kappa shape index (κ1) is 7.98. The molecule has 0 bridgehead atoms. The van der Waals surface area contributed by atoms with Crippen molar-refractivity contribution in [1.29, 1.82) is 0 Å². The van der Waals surface area contributed by atoms with Crippen molar-refractivity contribution in [3.05, 3.63) is 30.1 Å². The van der Waals surface area contributed by atoms with Crippen LogP contribution in [0.25, 0.3) is 10.9 Å². The number of aromatic hydroxyl groups is 1. The van der Waals surface area contributed by atoms with E-state index in [0.29, 0.717) is 0 Å². The molecular formula is C10H10N2O. The summed E-state index contributed by atoms with van der Waals surface area (Å²) in [6.45, 7) is 2.07. The van der Waals surface area contributed by atoms with Gasteiger partial charge in [-0.15, -0.1) is 0 Å². The molecule has 0 aliphatic heterocycles. The minimum Gasteiger partial charge on any atom is -0.493 e. The Morgan fingerprint density at radius 3 is 2.92 bits per heavy atom. The lowest BCUT2D eigenvalue weighted by molar-refractivity contribution is 0.459. The van der Waals surface area contributed by atoms with Gasteiger partial charge in [0.05, 0.1) is 10.9 Å². The molecule has 13 heavy (non-hydrogen) atoms. The first-order chi connectivity index (χ1) is 6.31. The van der Waals surface area contributed by atoms with E-state index in [1.54, 1.807) is 0 Å². The summed E-state index contributed by atoms with van der Waals surface area (Å²) in [5.41, 5.74) is 1.96. The number of nitrogens with zero attached hydrogens (tertiary/aromatic N) is 2. The van der Waals surface area contributed by atoms with Crippen LogP contribution in [0.15, 0.2) is 24.5 Å². The molecule has 0 atom stereocenters. The second-order valence-corrected chi connectivity index (χ2v) is 2.90. The van der Waals surface area contributed by atoms with Gasteiger partial charge < -0.3 is 5.11 Å². The normalized spacial score (nSPS) is 10.5. The Bertz CT molecular complexity index is 440. The molecule has 2 rings (SSSR count). The van der Waals surface area contributed by atoms with Crippen molar-refractivity contribution in [2.75, 3.05) is 0 Å². The third kappa shape index (κ3) is 1.33. The summed E-state index contributed by atoms with van der Waals surface area (Å²) >= 11 is 0. The summed E-state index contributed by atoms with van der Waals surface area (Å²) in [6.07, 6.45) is 2.31. The predicted molar refractivity (Wildman–Crippen MR) is 50.6 cm³/mol. The maximum absolute atomic E-state index is 9.44. The van der Waals surface area contributed by atoms with E-state index in [-0.39, 0.29) is 5.88 Å². The minimum atomic E-state index is 0.0558. The Labute approximate surface area is 76.1 Å². The second-order valence-electron chi connectivity index (χ2n) is 2.90. The molecular weight excluding hydrogens is 164 g/mol. The third-order valence-corrected chi connectivity index (χ3v) is 2.09. The van der Waals surface area contributed by atoms with Gasteiger partial charge in [0.2, 0.25) is 5.88 Å². The minimum absolute atomic E-state index is 0.0558. The van der Waals surface area contributed by atoms with Gasteiger partial charge in [-0.1, -0.05) is 13.0 Å². The van der Waals surface area contributed by atoms with Crippen LogP contribution in [0.2, 0.25) is 0 Å². The maximum Gasteiger partial charge on any atom is 0.221 e. The lowest BCUT2D eigenvalue weighted by Gasteiger charge is -2.00. The molecule has 0 saturated carbocycles. The van der Waals surface area contributed by atoms with E-state index in [9.17, 15) is 5.11 Å². The molecule has 2 aromatic rings. The van der Waals surface area contributed by atoms with E-state index >= 15 is 0 Å². The van der Waals surface area contributed by atoms with Gasteiger partial charge >= 0.3 is 0 Å². The quantitative estimate of drug-likeness (QED) is 0.718. The molecule has 1 heterocycles. The molecule has 66 valence electrons. The van der Waals surface area contributed by atoms with Crippen molar-refractivity contribution >= 4 is 10.9 Å². The topological polar surface area (TPSA) is 46.0 Å². The monoisotopic (exact) mass is 174 g/mol. The van der Waals surface area contributed by atoms with Crippen LogP contribution in [0.1, 0.15) is 12.5 Å². The highest BCUT2D eigenvalue weighted by atomic mass is 16.3. The number of benzene rings is 1. The number of fused-ring (bicyclic) bond motifs is 1. The van der Waals surface area contributed by atoms with E-state index in [4.69, 9.17) is 0 Å². The van der Waals surface area contributed by atoms with Crippen LogP contribution < -0.4 is 0 Å². The fourth-order valence-electron chi connectivity index (χ4n) is 1.31. The van der Waals surface area contributed by atoms with Crippen LogP contribution in [0.5, 0.6) is 5.88 Å². The molecule has 1 aromatic heterocycles. The molecule has 3 heteroatoms. The molecule has 1 aromatic carbocycles. The van der Waals surface area contributed by atoms with Crippen molar-refractivity contribution in [3.63, 3.8) is 0 Å². The zero-order chi connectivity index (χ0) is 9.26. The van der Waals surface area contributed by atoms with E-state index in [0.717, 1.165) is 17.3 Å². The summed E-state index contributed by atoms with van der Waals surface area (Å²) in [6, 6.07) is 5.83. The Morgan fingerprint density at radius 1 is 1.31 bits per heavy atom. The molecule has 0 radical (unpaired) electrons. The summed E-state index contributed by atoms with van der Waals surface area (Å²) < 4.78 is 0. The molecule has 0 aliphatic rings. The first-order valence-electron chi connectivity index (χ1n) is 4.24. The molecule has 0 unspecified atom stereocenters. The van der Waals surface area contributed by atoms with Crippen molar-refractivity contribution in [2.45, 2.75) is 13.3 Å². The SMILES string of the molecule is CCc1ccc2ncnc(O)c2c1. The molecule has 0 amide bonds. The number of hydrogen-bond donors (Lipinski definition) is 1. The van der Waals surface area contributed by atoms with Gasteiger partial charge in [0.1, 0.15) is 6.33 Å². The van der Waals surface area contributed by atoms with Crippen LogP contribution in [0, 0.1) is 0 Å². The van der Waals surface area contributed by atoms with E-state index in [1.807, 2.05) is 18.2 Å². The third-order valence-electron chi connectivity index (χ3n) is 2.09. The number of aromatic nitrogens is 2. The molecule has 3 nitrogen and oxygen atoms in total. The summed E-state index contributed by atoms with van der Waals surface area (Å²) in [4.78, 5) is 7.77. The van der Waals surface area contributed by atoms with Crippen LogP contribution in [-0.4, -0.2) is 15.1 Å².